The Morgan fingerprint density at radius 3 is 2.75 bits per heavy atom. The summed E-state index contributed by atoms with van der Waals surface area (Å²) in [6, 6.07) is 7.33. The lowest BCUT2D eigenvalue weighted by Crippen LogP contribution is -2.49. The van der Waals surface area contributed by atoms with Crippen LogP contribution in [0.25, 0.3) is 11.0 Å². The Bertz CT molecular complexity index is 1330. The largest absolute Gasteiger partial charge is 0.493 e. The zero-order chi connectivity index (χ0) is 28.6. The molecule has 4 amide bonds. The van der Waals surface area contributed by atoms with Crippen molar-refractivity contribution in [3.63, 3.8) is 0 Å². The maximum absolute atomic E-state index is 13.7. The Morgan fingerprint density at radius 2 is 2.00 bits per heavy atom. The zero-order valence-corrected chi connectivity index (χ0v) is 24.5. The Hall–Kier alpha value is -3.66. The molecule has 0 saturated carbocycles. The molecule has 0 atom stereocenters. The minimum Gasteiger partial charge on any atom is -0.493 e. The van der Waals surface area contributed by atoms with Crippen LogP contribution in [0, 0.1) is 0 Å². The molecule has 1 saturated heterocycles. The molecule has 1 aliphatic rings. The summed E-state index contributed by atoms with van der Waals surface area (Å²) >= 11 is 6.66. The SMILES string of the molecule is CCCCCOc1cc(N2CCCN(Cc3ccnc4c3c(Cl)cn4CCNC(=O)N(C)C)C2=O)ccc1OC. The fourth-order valence-electron chi connectivity index (χ4n) is 4.83. The number of carbonyl (C=O) groups excluding carboxylic acids is 2. The molecule has 1 aromatic carbocycles. The summed E-state index contributed by atoms with van der Waals surface area (Å²) in [6.07, 6.45) is 7.58. The third-order valence-corrected chi connectivity index (χ3v) is 7.26. The van der Waals surface area contributed by atoms with Gasteiger partial charge in [-0.2, -0.15) is 0 Å². The predicted octanol–water partition coefficient (Wildman–Crippen LogP) is 5.37. The second kappa shape index (κ2) is 13.6. The molecule has 216 valence electrons. The number of halogens is 1. The monoisotopic (exact) mass is 570 g/mol. The highest BCUT2D eigenvalue weighted by Crippen LogP contribution is 2.34. The molecule has 3 aromatic rings. The fraction of sp³-hybridized carbons (Fsp3) is 0.483. The number of aromatic nitrogens is 2. The molecule has 0 aliphatic carbocycles. The van der Waals surface area contributed by atoms with Gasteiger partial charge in [-0.15, -0.1) is 0 Å². The molecule has 40 heavy (non-hydrogen) atoms. The smallest absolute Gasteiger partial charge is 0.324 e. The lowest BCUT2D eigenvalue weighted by atomic mass is 10.1. The van der Waals surface area contributed by atoms with E-state index < -0.39 is 0 Å². The van der Waals surface area contributed by atoms with E-state index in [-0.39, 0.29) is 12.1 Å². The van der Waals surface area contributed by atoms with Gasteiger partial charge in [0.25, 0.3) is 0 Å². The van der Waals surface area contributed by atoms with Crippen LogP contribution in [-0.2, 0) is 13.1 Å². The number of unbranched alkanes of at least 4 members (excludes halogenated alkanes) is 2. The Balaban J connectivity index is 1.50. The number of methoxy groups -OCH3 is 1. The summed E-state index contributed by atoms with van der Waals surface area (Å²) in [5.74, 6) is 1.30. The highest BCUT2D eigenvalue weighted by atomic mass is 35.5. The van der Waals surface area contributed by atoms with Crippen molar-refractivity contribution < 1.29 is 19.1 Å². The van der Waals surface area contributed by atoms with E-state index in [2.05, 4.69) is 17.2 Å². The average Bonchev–Trinajstić information content (AvgIpc) is 3.28. The van der Waals surface area contributed by atoms with Gasteiger partial charge in [0.2, 0.25) is 0 Å². The van der Waals surface area contributed by atoms with Crippen LogP contribution in [0.4, 0.5) is 15.3 Å². The Morgan fingerprint density at radius 1 is 1.18 bits per heavy atom. The number of ether oxygens (including phenoxy) is 2. The van der Waals surface area contributed by atoms with E-state index in [1.165, 1.54) is 4.90 Å². The molecule has 4 rings (SSSR count). The van der Waals surface area contributed by atoms with Gasteiger partial charge in [-0.25, -0.2) is 14.6 Å². The molecule has 0 unspecified atom stereocenters. The van der Waals surface area contributed by atoms with Gasteiger partial charge >= 0.3 is 12.1 Å². The van der Waals surface area contributed by atoms with Crippen LogP contribution < -0.4 is 19.7 Å². The summed E-state index contributed by atoms with van der Waals surface area (Å²) in [4.78, 5) is 35.2. The molecular formula is C29H39ClN6O4. The van der Waals surface area contributed by atoms with E-state index in [1.54, 1.807) is 32.3 Å². The van der Waals surface area contributed by atoms with Crippen LogP contribution >= 0.6 is 11.6 Å². The number of nitrogens with one attached hydrogen (secondary N) is 1. The van der Waals surface area contributed by atoms with Crippen LogP contribution in [0.15, 0.2) is 36.7 Å². The zero-order valence-electron chi connectivity index (χ0n) is 23.8. The maximum Gasteiger partial charge on any atom is 0.324 e. The molecular weight excluding hydrogens is 532 g/mol. The number of hydrogen-bond acceptors (Lipinski definition) is 5. The van der Waals surface area contributed by atoms with Gasteiger partial charge < -0.3 is 29.2 Å². The van der Waals surface area contributed by atoms with Gasteiger partial charge in [0, 0.05) is 76.4 Å². The van der Waals surface area contributed by atoms with Gasteiger partial charge in [0.15, 0.2) is 11.5 Å². The maximum atomic E-state index is 13.7. The predicted molar refractivity (Wildman–Crippen MR) is 158 cm³/mol. The minimum atomic E-state index is -0.156. The third-order valence-electron chi connectivity index (χ3n) is 6.97. The van der Waals surface area contributed by atoms with Crippen LogP contribution in [0.1, 0.15) is 38.2 Å². The number of nitrogens with zero attached hydrogens (tertiary/aromatic N) is 5. The standard InChI is InChI=1S/C29H39ClN6O4/c1-5-6-7-17-40-25-18-22(9-10-24(25)39-4)36-15-8-14-35(29(36)38)19-21-11-12-31-27-26(21)23(30)20-34(27)16-13-32-28(37)33(2)3/h9-12,18,20H,5-8,13-17,19H2,1-4H3,(H,32,37). The number of hydrogen-bond donors (Lipinski definition) is 1. The molecule has 0 spiro atoms. The summed E-state index contributed by atoms with van der Waals surface area (Å²) in [6.45, 7) is 5.40. The molecule has 3 heterocycles. The van der Waals surface area contributed by atoms with Crippen molar-refractivity contribution in [3.05, 3.63) is 47.2 Å². The van der Waals surface area contributed by atoms with Crippen molar-refractivity contribution in [1.82, 2.24) is 24.7 Å². The molecule has 2 aromatic heterocycles. The number of carbonyl (C=O) groups is 2. The quantitative estimate of drug-likeness (QED) is 0.296. The molecule has 1 fully saturated rings. The van der Waals surface area contributed by atoms with E-state index in [0.717, 1.165) is 48.0 Å². The van der Waals surface area contributed by atoms with Crippen LogP contribution in [0.3, 0.4) is 0 Å². The first-order valence-corrected chi connectivity index (χ1v) is 14.2. The Labute approximate surface area is 240 Å². The fourth-order valence-corrected chi connectivity index (χ4v) is 5.15. The summed E-state index contributed by atoms with van der Waals surface area (Å²) in [5, 5.41) is 4.25. The normalized spacial score (nSPS) is 13.6. The molecule has 10 nitrogen and oxygen atoms in total. The topological polar surface area (TPSA) is 92.2 Å². The Kier molecular flexibility index (Phi) is 9.98. The number of pyridine rings is 1. The van der Waals surface area contributed by atoms with E-state index >= 15 is 0 Å². The van der Waals surface area contributed by atoms with Crippen molar-refractivity contribution in [2.75, 3.05) is 52.3 Å². The first-order valence-electron chi connectivity index (χ1n) is 13.8. The number of anilines is 1. The number of rotatable bonds is 12. The summed E-state index contributed by atoms with van der Waals surface area (Å²) in [7, 11) is 5.02. The summed E-state index contributed by atoms with van der Waals surface area (Å²) in [5.41, 5.74) is 2.43. The van der Waals surface area contributed by atoms with Crippen LogP contribution in [0.2, 0.25) is 5.02 Å². The highest BCUT2D eigenvalue weighted by molar-refractivity contribution is 6.35. The van der Waals surface area contributed by atoms with Crippen molar-refractivity contribution in [3.8, 4) is 11.5 Å². The van der Waals surface area contributed by atoms with Gasteiger partial charge in [-0.3, -0.25) is 4.90 Å². The van der Waals surface area contributed by atoms with E-state index in [4.69, 9.17) is 21.1 Å². The average molecular weight is 571 g/mol. The van der Waals surface area contributed by atoms with Gasteiger partial charge in [0.1, 0.15) is 5.65 Å². The molecule has 0 bridgehead atoms. The highest BCUT2D eigenvalue weighted by Gasteiger charge is 2.28. The number of amides is 4. The van der Waals surface area contributed by atoms with E-state index in [0.29, 0.717) is 55.9 Å². The van der Waals surface area contributed by atoms with Crippen LogP contribution in [0.5, 0.6) is 11.5 Å². The number of fused-ring (bicyclic) bond motifs is 1. The van der Waals surface area contributed by atoms with E-state index in [9.17, 15) is 9.59 Å². The van der Waals surface area contributed by atoms with Crippen molar-refractivity contribution in [2.24, 2.45) is 0 Å². The second-order valence-electron chi connectivity index (χ2n) is 10.1. The van der Waals surface area contributed by atoms with Crippen molar-refractivity contribution in [1.29, 1.82) is 0 Å². The van der Waals surface area contributed by atoms with Crippen molar-refractivity contribution in [2.45, 2.75) is 45.7 Å². The second-order valence-corrected chi connectivity index (χ2v) is 10.5. The lowest BCUT2D eigenvalue weighted by molar-refractivity contribution is 0.192. The van der Waals surface area contributed by atoms with Gasteiger partial charge in [0.05, 0.1) is 18.7 Å². The summed E-state index contributed by atoms with van der Waals surface area (Å²) < 4.78 is 13.4. The van der Waals surface area contributed by atoms with Gasteiger partial charge in [-0.05, 0) is 36.6 Å². The lowest BCUT2D eigenvalue weighted by Gasteiger charge is -2.36. The first kappa shape index (κ1) is 29.3. The molecule has 0 radical (unpaired) electrons. The third kappa shape index (κ3) is 6.72. The van der Waals surface area contributed by atoms with E-state index in [1.807, 2.05) is 39.9 Å². The first-order chi connectivity index (χ1) is 19.3. The number of benzene rings is 1. The minimum absolute atomic E-state index is 0.0692. The molecule has 1 N–H and O–H groups in total. The van der Waals surface area contributed by atoms with Gasteiger partial charge in [-0.1, -0.05) is 31.4 Å². The van der Waals surface area contributed by atoms with Crippen molar-refractivity contribution >= 4 is 40.4 Å². The molecule has 11 heteroatoms. The van der Waals surface area contributed by atoms with Crippen LogP contribution in [-0.4, -0.2) is 78.9 Å². The molecule has 1 aliphatic heterocycles. The number of urea groups is 2.